The molecular weight excluding hydrogens is 349 g/mol. The number of hydrogen-bond acceptors (Lipinski definition) is 3. The van der Waals surface area contributed by atoms with Crippen LogP contribution < -0.4 is 5.32 Å². The van der Waals surface area contributed by atoms with Gasteiger partial charge >= 0.3 is 6.18 Å². The van der Waals surface area contributed by atoms with Crippen molar-refractivity contribution < 1.29 is 13.2 Å². The topological polar surface area (TPSA) is 42.7 Å². The van der Waals surface area contributed by atoms with Crippen LogP contribution in [0.2, 0.25) is 0 Å². The Bertz CT molecular complexity index is 622. The van der Waals surface area contributed by atoms with E-state index in [-0.39, 0.29) is 6.04 Å². The Kier molecular flexibility index (Phi) is 4.67. The van der Waals surface area contributed by atoms with Crippen LogP contribution in [-0.4, -0.2) is 20.8 Å². The molecule has 0 unspecified atom stereocenters. The lowest BCUT2D eigenvalue weighted by Gasteiger charge is -2.12. The molecule has 0 fully saturated rings. The standard InChI is InChI=1S/C13H14BrF3N4/c1-8(2)18-6-9-5-10(14)7-19-12(9)21-4-3-11(20-21)13(15,16)17/h3-5,7-8,18H,6H2,1-2H3. The second kappa shape index (κ2) is 6.15. The van der Waals surface area contributed by atoms with Gasteiger partial charge in [0.1, 0.15) is 0 Å². The SMILES string of the molecule is CC(C)NCc1cc(Br)cnc1-n1ccc(C(F)(F)F)n1. The van der Waals surface area contributed by atoms with Crippen molar-refractivity contribution in [2.24, 2.45) is 0 Å². The summed E-state index contributed by atoms with van der Waals surface area (Å²) in [5.41, 5.74) is -0.176. The summed E-state index contributed by atoms with van der Waals surface area (Å²) in [7, 11) is 0. The van der Waals surface area contributed by atoms with Crippen molar-refractivity contribution in [1.82, 2.24) is 20.1 Å². The summed E-state index contributed by atoms with van der Waals surface area (Å²) in [5, 5.41) is 6.77. The molecule has 4 nitrogen and oxygen atoms in total. The summed E-state index contributed by atoms with van der Waals surface area (Å²) in [6, 6.07) is 3.00. The normalized spacial score (nSPS) is 12.1. The Morgan fingerprint density at radius 3 is 2.67 bits per heavy atom. The molecule has 0 aromatic carbocycles. The molecule has 0 amide bonds. The summed E-state index contributed by atoms with van der Waals surface area (Å²) in [5.74, 6) is 0.377. The number of rotatable bonds is 4. The summed E-state index contributed by atoms with van der Waals surface area (Å²) in [4.78, 5) is 4.17. The van der Waals surface area contributed by atoms with Crippen molar-refractivity contribution in [2.45, 2.75) is 32.6 Å². The molecule has 2 aromatic heterocycles. The zero-order valence-electron chi connectivity index (χ0n) is 11.4. The molecule has 0 aliphatic carbocycles. The number of hydrogen-bond donors (Lipinski definition) is 1. The van der Waals surface area contributed by atoms with Crippen molar-refractivity contribution in [1.29, 1.82) is 0 Å². The van der Waals surface area contributed by atoms with Crippen LogP contribution in [0.25, 0.3) is 5.82 Å². The number of aromatic nitrogens is 3. The van der Waals surface area contributed by atoms with Crippen molar-refractivity contribution in [3.8, 4) is 5.82 Å². The van der Waals surface area contributed by atoms with E-state index in [9.17, 15) is 13.2 Å². The Labute approximate surface area is 128 Å². The highest BCUT2D eigenvalue weighted by molar-refractivity contribution is 9.10. The van der Waals surface area contributed by atoms with E-state index in [2.05, 4.69) is 31.3 Å². The number of pyridine rings is 1. The zero-order valence-corrected chi connectivity index (χ0v) is 13.0. The Hall–Kier alpha value is -1.41. The van der Waals surface area contributed by atoms with Crippen LogP contribution in [0.4, 0.5) is 13.2 Å². The molecular formula is C13H14BrF3N4. The van der Waals surface area contributed by atoms with Gasteiger partial charge in [-0.2, -0.15) is 18.3 Å². The van der Waals surface area contributed by atoms with Gasteiger partial charge in [-0.05, 0) is 28.1 Å². The largest absolute Gasteiger partial charge is 0.435 e. The highest BCUT2D eigenvalue weighted by Gasteiger charge is 2.33. The van der Waals surface area contributed by atoms with Crippen LogP contribution in [0, 0.1) is 0 Å². The average molecular weight is 363 g/mol. The van der Waals surface area contributed by atoms with E-state index in [1.54, 1.807) is 0 Å². The first-order valence-corrected chi connectivity index (χ1v) is 7.07. The quantitative estimate of drug-likeness (QED) is 0.904. The number of halogens is 4. The van der Waals surface area contributed by atoms with Crippen molar-refractivity contribution in [3.05, 3.63) is 40.3 Å². The molecule has 0 saturated carbocycles. The second-order valence-corrected chi connectivity index (χ2v) is 5.73. The molecule has 0 aliphatic heterocycles. The van der Waals surface area contributed by atoms with Crippen LogP contribution in [0.3, 0.4) is 0 Å². The first-order valence-electron chi connectivity index (χ1n) is 6.28. The maximum Gasteiger partial charge on any atom is 0.435 e. The van der Waals surface area contributed by atoms with Gasteiger partial charge in [-0.3, -0.25) is 0 Å². The van der Waals surface area contributed by atoms with Crippen LogP contribution in [0.15, 0.2) is 29.0 Å². The van der Waals surface area contributed by atoms with Gasteiger partial charge in [-0.15, -0.1) is 0 Å². The lowest BCUT2D eigenvalue weighted by atomic mass is 10.2. The molecule has 0 atom stereocenters. The number of nitrogens with one attached hydrogen (secondary N) is 1. The first-order chi connectivity index (χ1) is 9.77. The van der Waals surface area contributed by atoms with Crippen molar-refractivity contribution >= 4 is 15.9 Å². The van der Waals surface area contributed by atoms with E-state index in [1.165, 1.54) is 12.4 Å². The van der Waals surface area contributed by atoms with Gasteiger partial charge in [0.05, 0.1) is 0 Å². The lowest BCUT2D eigenvalue weighted by molar-refractivity contribution is -0.141. The van der Waals surface area contributed by atoms with Gasteiger partial charge in [0.25, 0.3) is 0 Å². The monoisotopic (exact) mass is 362 g/mol. The summed E-state index contributed by atoms with van der Waals surface area (Å²) < 4.78 is 39.8. The first kappa shape index (κ1) is 16.0. The van der Waals surface area contributed by atoms with Gasteiger partial charge in [-0.1, -0.05) is 13.8 Å². The molecule has 114 valence electrons. The van der Waals surface area contributed by atoms with E-state index in [1.807, 2.05) is 19.9 Å². The lowest BCUT2D eigenvalue weighted by Crippen LogP contribution is -2.23. The maximum atomic E-state index is 12.6. The third-order valence-electron chi connectivity index (χ3n) is 2.71. The van der Waals surface area contributed by atoms with Crippen molar-refractivity contribution in [2.75, 3.05) is 0 Å². The molecule has 2 heterocycles. The molecule has 0 spiro atoms. The van der Waals surface area contributed by atoms with Crippen LogP contribution >= 0.6 is 15.9 Å². The van der Waals surface area contributed by atoms with E-state index >= 15 is 0 Å². The minimum Gasteiger partial charge on any atom is -0.310 e. The Morgan fingerprint density at radius 2 is 2.10 bits per heavy atom. The van der Waals surface area contributed by atoms with Crippen molar-refractivity contribution in [3.63, 3.8) is 0 Å². The molecule has 2 rings (SSSR count). The van der Waals surface area contributed by atoms with E-state index < -0.39 is 11.9 Å². The Balaban J connectivity index is 2.36. The summed E-state index contributed by atoms with van der Waals surface area (Å²) in [6.45, 7) is 4.46. The third kappa shape index (κ3) is 4.04. The molecule has 0 saturated heterocycles. The molecule has 1 N–H and O–H groups in total. The summed E-state index contributed by atoms with van der Waals surface area (Å²) in [6.07, 6.45) is -1.67. The highest BCUT2D eigenvalue weighted by atomic mass is 79.9. The minimum atomic E-state index is -4.46. The third-order valence-corrected chi connectivity index (χ3v) is 3.14. The van der Waals surface area contributed by atoms with Gasteiger partial charge in [0.2, 0.25) is 0 Å². The van der Waals surface area contributed by atoms with Crippen LogP contribution in [-0.2, 0) is 12.7 Å². The zero-order chi connectivity index (χ0) is 15.6. The molecule has 0 aliphatic rings. The molecule has 2 aromatic rings. The predicted molar refractivity (Wildman–Crippen MR) is 76.0 cm³/mol. The number of alkyl halides is 3. The van der Waals surface area contributed by atoms with Gasteiger partial charge in [0, 0.05) is 35.0 Å². The summed E-state index contributed by atoms with van der Waals surface area (Å²) >= 11 is 3.31. The van der Waals surface area contributed by atoms with Crippen LogP contribution in [0.1, 0.15) is 25.1 Å². The van der Waals surface area contributed by atoms with Gasteiger partial charge in [-0.25, -0.2) is 9.67 Å². The molecule has 0 radical (unpaired) electrons. The highest BCUT2D eigenvalue weighted by Crippen LogP contribution is 2.28. The fourth-order valence-electron chi connectivity index (χ4n) is 1.72. The Morgan fingerprint density at radius 1 is 1.38 bits per heavy atom. The fourth-order valence-corrected chi connectivity index (χ4v) is 2.10. The number of nitrogens with zero attached hydrogens (tertiary/aromatic N) is 3. The smallest absolute Gasteiger partial charge is 0.310 e. The molecule has 21 heavy (non-hydrogen) atoms. The van der Waals surface area contributed by atoms with Gasteiger partial charge in [0.15, 0.2) is 11.5 Å². The van der Waals surface area contributed by atoms with E-state index in [0.717, 1.165) is 20.8 Å². The van der Waals surface area contributed by atoms with Gasteiger partial charge < -0.3 is 5.32 Å². The average Bonchev–Trinajstić information content (AvgIpc) is 2.85. The van der Waals surface area contributed by atoms with E-state index in [4.69, 9.17) is 0 Å². The fraction of sp³-hybridized carbons (Fsp3) is 0.385. The van der Waals surface area contributed by atoms with E-state index in [0.29, 0.717) is 12.4 Å². The predicted octanol–water partition coefficient (Wildman–Crippen LogP) is 3.55. The minimum absolute atomic E-state index is 0.250. The van der Waals surface area contributed by atoms with Crippen LogP contribution in [0.5, 0.6) is 0 Å². The molecule has 0 bridgehead atoms. The second-order valence-electron chi connectivity index (χ2n) is 4.82. The maximum absolute atomic E-state index is 12.6. The molecule has 8 heteroatoms.